The van der Waals surface area contributed by atoms with Crippen molar-refractivity contribution in [3.8, 4) is 0 Å². The zero-order chi connectivity index (χ0) is 13.4. The number of nitrogens with one attached hydrogen (secondary N) is 1. The van der Waals surface area contributed by atoms with Crippen molar-refractivity contribution in [2.45, 2.75) is 32.2 Å². The minimum Gasteiger partial charge on any atom is -0.383 e. The molecule has 2 atom stereocenters. The van der Waals surface area contributed by atoms with Crippen LogP contribution in [0.5, 0.6) is 0 Å². The fourth-order valence-corrected chi connectivity index (χ4v) is 2.39. The van der Waals surface area contributed by atoms with Gasteiger partial charge < -0.3 is 11.1 Å². The summed E-state index contributed by atoms with van der Waals surface area (Å²) in [4.78, 5) is 8.60. The molecular formula is C15H18N4. The highest BCUT2D eigenvalue weighted by Crippen LogP contribution is 2.42. The summed E-state index contributed by atoms with van der Waals surface area (Å²) < 4.78 is 0. The Kier molecular flexibility index (Phi) is 2.85. The van der Waals surface area contributed by atoms with Gasteiger partial charge in [-0.05, 0) is 25.8 Å². The van der Waals surface area contributed by atoms with Crippen LogP contribution in [-0.2, 0) is 0 Å². The molecule has 3 N–H and O–H groups in total. The molecular weight excluding hydrogens is 236 g/mol. The largest absolute Gasteiger partial charge is 0.383 e. The van der Waals surface area contributed by atoms with Crippen molar-refractivity contribution in [2.24, 2.45) is 0 Å². The van der Waals surface area contributed by atoms with Crippen molar-refractivity contribution in [3.05, 3.63) is 47.3 Å². The maximum absolute atomic E-state index is 5.87. The van der Waals surface area contributed by atoms with E-state index in [1.807, 2.05) is 19.9 Å². The molecule has 4 heteroatoms. The first kappa shape index (κ1) is 12.0. The van der Waals surface area contributed by atoms with E-state index < -0.39 is 0 Å². The zero-order valence-corrected chi connectivity index (χ0v) is 11.2. The highest BCUT2D eigenvalue weighted by molar-refractivity contribution is 5.56. The maximum atomic E-state index is 5.87. The van der Waals surface area contributed by atoms with E-state index in [0.29, 0.717) is 23.6 Å². The van der Waals surface area contributed by atoms with Crippen LogP contribution in [-0.4, -0.2) is 16.0 Å². The first-order valence-corrected chi connectivity index (χ1v) is 6.57. The smallest absolute Gasteiger partial charge is 0.134 e. The molecule has 1 fully saturated rings. The standard InChI is InChI=1S/C15H18N4/c1-9-14(16)17-10(2)18-15(9)19-13-8-12(13)11-6-4-3-5-7-11/h3-7,12-13H,8H2,1-2H3,(H3,16,17,18,19). The third-order valence-electron chi connectivity index (χ3n) is 3.64. The Bertz CT molecular complexity index is 595. The lowest BCUT2D eigenvalue weighted by Gasteiger charge is -2.10. The average Bonchev–Trinajstić information content (AvgIpc) is 3.16. The fourth-order valence-electron chi connectivity index (χ4n) is 2.39. The first-order chi connectivity index (χ1) is 9.15. The van der Waals surface area contributed by atoms with Gasteiger partial charge in [0.2, 0.25) is 0 Å². The monoisotopic (exact) mass is 254 g/mol. The molecule has 1 aromatic heterocycles. The van der Waals surface area contributed by atoms with E-state index in [1.54, 1.807) is 0 Å². The number of aryl methyl sites for hydroxylation is 1. The van der Waals surface area contributed by atoms with Crippen molar-refractivity contribution >= 4 is 11.6 Å². The highest BCUT2D eigenvalue weighted by atomic mass is 15.1. The molecule has 1 heterocycles. The van der Waals surface area contributed by atoms with Gasteiger partial charge in [0, 0.05) is 17.5 Å². The van der Waals surface area contributed by atoms with Crippen LogP contribution in [0.4, 0.5) is 11.6 Å². The number of nitrogen functional groups attached to an aromatic ring is 1. The molecule has 1 aliphatic carbocycles. The fraction of sp³-hybridized carbons (Fsp3) is 0.333. The quantitative estimate of drug-likeness (QED) is 0.883. The van der Waals surface area contributed by atoms with Gasteiger partial charge in [-0.2, -0.15) is 0 Å². The predicted octanol–water partition coefficient (Wildman–Crippen LogP) is 2.64. The van der Waals surface area contributed by atoms with Crippen LogP contribution in [0.1, 0.15) is 29.3 Å². The summed E-state index contributed by atoms with van der Waals surface area (Å²) in [5.41, 5.74) is 8.19. The van der Waals surface area contributed by atoms with Crippen LogP contribution in [0.3, 0.4) is 0 Å². The Hall–Kier alpha value is -2.10. The first-order valence-electron chi connectivity index (χ1n) is 6.57. The van der Waals surface area contributed by atoms with E-state index in [2.05, 4.69) is 39.6 Å². The molecule has 0 spiro atoms. The predicted molar refractivity (Wildman–Crippen MR) is 77.1 cm³/mol. The normalized spacial score (nSPS) is 21.2. The molecule has 19 heavy (non-hydrogen) atoms. The van der Waals surface area contributed by atoms with Crippen molar-refractivity contribution in [1.29, 1.82) is 0 Å². The number of rotatable bonds is 3. The van der Waals surface area contributed by atoms with Gasteiger partial charge in [0.25, 0.3) is 0 Å². The molecule has 1 saturated carbocycles. The molecule has 98 valence electrons. The summed E-state index contributed by atoms with van der Waals surface area (Å²) in [6.45, 7) is 3.82. The highest BCUT2D eigenvalue weighted by Gasteiger charge is 2.38. The molecule has 1 aromatic carbocycles. The number of hydrogen-bond acceptors (Lipinski definition) is 4. The minimum atomic E-state index is 0.454. The third-order valence-corrected chi connectivity index (χ3v) is 3.64. The van der Waals surface area contributed by atoms with Gasteiger partial charge in [-0.1, -0.05) is 30.3 Å². The van der Waals surface area contributed by atoms with Crippen molar-refractivity contribution in [2.75, 3.05) is 11.1 Å². The van der Waals surface area contributed by atoms with Crippen molar-refractivity contribution < 1.29 is 0 Å². The zero-order valence-electron chi connectivity index (χ0n) is 11.2. The van der Waals surface area contributed by atoms with E-state index in [9.17, 15) is 0 Å². The summed E-state index contributed by atoms with van der Waals surface area (Å²) >= 11 is 0. The van der Waals surface area contributed by atoms with Crippen LogP contribution in [0.25, 0.3) is 0 Å². The number of hydrogen-bond donors (Lipinski definition) is 2. The topological polar surface area (TPSA) is 63.8 Å². The molecule has 4 nitrogen and oxygen atoms in total. The van der Waals surface area contributed by atoms with E-state index in [4.69, 9.17) is 5.73 Å². The van der Waals surface area contributed by atoms with Gasteiger partial charge in [-0.25, -0.2) is 9.97 Å². The van der Waals surface area contributed by atoms with Crippen molar-refractivity contribution in [1.82, 2.24) is 9.97 Å². The Morgan fingerprint density at radius 1 is 1.16 bits per heavy atom. The molecule has 2 unspecified atom stereocenters. The van der Waals surface area contributed by atoms with Gasteiger partial charge >= 0.3 is 0 Å². The van der Waals surface area contributed by atoms with Gasteiger partial charge in [-0.3, -0.25) is 0 Å². The SMILES string of the molecule is Cc1nc(N)c(C)c(NC2CC2c2ccccc2)n1. The van der Waals surface area contributed by atoms with Crippen LogP contribution in [0.2, 0.25) is 0 Å². The lowest BCUT2D eigenvalue weighted by molar-refractivity contribution is 0.985. The summed E-state index contributed by atoms with van der Waals surface area (Å²) in [5, 5.41) is 3.48. The van der Waals surface area contributed by atoms with Gasteiger partial charge in [-0.15, -0.1) is 0 Å². The third kappa shape index (κ3) is 2.38. The molecule has 0 saturated heterocycles. The lowest BCUT2D eigenvalue weighted by Crippen LogP contribution is -2.11. The average molecular weight is 254 g/mol. The summed E-state index contributed by atoms with van der Waals surface area (Å²) in [7, 11) is 0. The lowest BCUT2D eigenvalue weighted by atomic mass is 10.1. The summed E-state index contributed by atoms with van der Waals surface area (Å²) in [5.74, 6) is 2.72. The number of anilines is 2. The van der Waals surface area contributed by atoms with Gasteiger partial charge in [0.1, 0.15) is 17.5 Å². The van der Waals surface area contributed by atoms with E-state index in [-0.39, 0.29) is 0 Å². The number of benzene rings is 1. The molecule has 0 aliphatic heterocycles. The molecule has 0 amide bonds. The van der Waals surface area contributed by atoms with E-state index in [0.717, 1.165) is 17.8 Å². The molecule has 1 aliphatic rings. The number of nitrogens with zero attached hydrogens (tertiary/aromatic N) is 2. The van der Waals surface area contributed by atoms with Crippen LogP contribution < -0.4 is 11.1 Å². The molecule has 3 rings (SSSR count). The minimum absolute atomic E-state index is 0.454. The number of nitrogens with two attached hydrogens (primary N) is 1. The second kappa shape index (κ2) is 4.53. The molecule has 0 radical (unpaired) electrons. The van der Waals surface area contributed by atoms with Gasteiger partial charge in [0.15, 0.2) is 0 Å². The second-order valence-corrected chi connectivity index (χ2v) is 5.13. The number of aromatic nitrogens is 2. The Balaban J connectivity index is 1.75. The van der Waals surface area contributed by atoms with Crippen molar-refractivity contribution in [3.63, 3.8) is 0 Å². The molecule has 0 bridgehead atoms. The second-order valence-electron chi connectivity index (χ2n) is 5.13. The summed E-state index contributed by atoms with van der Waals surface area (Å²) in [6, 6.07) is 11.0. The Morgan fingerprint density at radius 2 is 1.89 bits per heavy atom. The molecule has 2 aromatic rings. The van der Waals surface area contributed by atoms with Crippen LogP contribution >= 0.6 is 0 Å². The van der Waals surface area contributed by atoms with E-state index in [1.165, 1.54) is 5.56 Å². The van der Waals surface area contributed by atoms with Gasteiger partial charge in [0.05, 0.1) is 0 Å². The summed E-state index contributed by atoms with van der Waals surface area (Å²) in [6.07, 6.45) is 1.15. The maximum Gasteiger partial charge on any atom is 0.134 e. The van der Waals surface area contributed by atoms with Crippen LogP contribution in [0, 0.1) is 13.8 Å². The Labute approximate surface area is 113 Å². The van der Waals surface area contributed by atoms with Crippen LogP contribution in [0.15, 0.2) is 30.3 Å². The Morgan fingerprint density at radius 3 is 2.63 bits per heavy atom. The van der Waals surface area contributed by atoms with E-state index >= 15 is 0 Å².